The molecule has 0 spiro atoms. The van der Waals surface area contributed by atoms with E-state index < -0.39 is 0 Å². The van der Waals surface area contributed by atoms with Crippen LogP contribution in [0.4, 0.5) is 0 Å². The Kier molecular flexibility index (Phi) is 4.86. The van der Waals surface area contributed by atoms with Crippen molar-refractivity contribution in [3.63, 3.8) is 0 Å². The van der Waals surface area contributed by atoms with Crippen LogP contribution < -0.4 is 11.1 Å². The minimum absolute atomic E-state index is 0. The molecule has 1 fully saturated rings. The van der Waals surface area contributed by atoms with Gasteiger partial charge in [0.25, 0.3) is 5.91 Å². The number of nitrogens with zero attached hydrogens (tertiary/aromatic N) is 1. The number of aromatic nitrogens is 1. The number of carbonyl (C=O) groups excluding carboxylic acids is 1. The molecule has 1 unspecified atom stereocenters. The molecule has 1 heterocycles. The largest absolute Gasteiger partial charge is 0.349 e. The predicted molar refractivity (Wildman–Crippen MR) is 70.7 cm³/mol. The number of nitrogens with two attached hydrogens (primary N) is 1. The number of halogens is 2. The molecule has 17 heavy (non-hydrogen) atoms. The van der Waals surface area contributed by atoms with Gasteiger partial charge in [-0.25, -0.2) is 0 Å². The van der Waals surface area contributed by atoms with Gasteiger partial charge in [-0.15, -0.1) is 12.4 Å². The van der Waals surface area contributed by atoms with Crippen LogP contribution >= 0.6 is 24.0 Å². The Morgan fingerprint density at radius 2 is 2.35 bits per heavy atom. The predicted octanol–water partition coefficient (Wildman–Crippen LogP) is 1.57. The zero-order chi connectivity index (χ0) is 11.7. The zero-order valence-electron chi connectivity index (χ0n) is 9.65. The first-order valence-electron chi connectivity index (χ1n) is 5.43. The lowest BCUT2D eigenvalue weighted by Crippen LogP contribution is -2.39. The molecule has 1 aliphatic rings. The number of carbonyl (C=O) groups is 1. The van der Waals surface area contributed by atoms with Crippen molar-refractivity contribution in [1.82, 2.24) is 9.88 Å². The van der Waals surface area contributed by atoms with Gasteiger partial charge in [0.2, 0.25) is 0 Å². The fraction of sp³-hybridized carbons (Fsp3) is 0.545. The summed E-state index contributed by atoms with van der Waals surface area (Å²) in [4.78, 5) is 11.8. The molecule has 1 amide bonds. The summed E-state index contributed by atoms with van der Waals surface area (Å²) in [6.07, 6.45) is 4.08. The van der Waals surface area contributed by atoms with E-state index in [1.165, 1.54) is 12.8 Å². The van der Waals surface area contributed by atoms with Crippen LogP contribution in [0.1, 0.15) is 23.3 Å². The molecule has 0 aromatic carbocycles. The molecule has 1 aromatic heterocycles. The van der Waals surface area contributed by atoms with Crippen molar-refractivity contribution in [2.45, 2.75) is 18.9 Å². The SMILES string of the molecule is Cl.Cn1cc(Cl)cc1C(=O)NCC(N)C1CC1. The second kappa shape index (κ2) is 5.76. The van der Waals surface area contributed by atoms with Gasteiger partial charge in [-0.1, -0.05) is 11.6 Å². The van der Waals surface area contributed by atoms with E-state index in [4.69, 9.17) is 17.3 Å². The van der Waals surface area contributed by atoms with Crippen molar-refractivity contribution in [2.24, 2.45) is 18.7 Å². The second-order valence-electron chi connectivity index (χ2n) is 4.37. The van der Waals surface area contributed by atoms with Gasteiger partial charge in [0.05, 0.1) is 5.02 Å². The molecule has 0 saturated heterocycles. The Balaban J connectivity index is 0.00000144. The van der Waals surface area contributed by atoms with Gasteiger partial charge >= 0.3 is 0 Å². The van der Waals surface area contributed by atoms with Crippen LogP contribution in [0.25, 0.3) is 0 Å². The van der Waals surface area contributed by atoms with Crippen molar-refractivity contribution in [3.8, 4) is 0 Å². The Morgan fingerprint density at radius 1 is 1.71 bits per heavy atom. The van der Waals surface area contributed by atoms with Crippen LogP contribution in [0.5, 0.6) is 0 Å². The summed E-state index contributed by atoms with van der Waals surface area (Å²) in [7, 11) is 1.79. The highest BCUT2D eigenvalue weighted by Gasteiger charge is 2.28. The molecule has 3 N–H and O–H groups in total. The minimum Gasteiger partial charge on any atom is -0.349 e. The van der Waals surface area contributed by atoms with Crippen molar-refractivity contribution in [1.29, 1.82) is 0 Å². The summed E-state index contributed by atoms with van der Waals surface area (Å²) in [5.41, 5.74) is 6.46. The van der Waals surface area contributed by atoms with Gasteiger partial charge in [-0.05, 0) is 24.8 Å². The molecule has 0 bridgehead atoms. The van der Waals surface area contributed by atoms with Crippen LogP contribution in [0.2, 0.25) is 5.02 Å². The van der Waals surface area contributed by atoms with E-state index in [0.717, 1.165) is 0 Å². The maximum Gasteiger partial charge on any atom is 0.268 e. The van der Waals surface area contributed by atoms with E-state index in [9.17, 15) is 4.79 Å². The number of hydrogen-bond acceptors (Lipinski definition) is 2. The van der Waals surface area contributed by atoms with Gasteiger partial charge in [0.15, 0.2) is 0 Å². The maximum absolute atomic E-state index is 11.8. The first-order chi connectivity index (χ1) is 7.58. The Hall–Kier alpha value is -0.710. The van der Waals surface area contributed by atoms with Gasteiger partial charge in [-0.3, -0.25) is 4.79 Å². The van der Waals surface area contributed by atoms with E-state index in [2.05, 4.69) is 5.32 Å². The zero-order valence-corrected chi connectivity index (χ0v) is 11.2. The molecular formula is C11H17Cl2N3O. The summed E-state index contributed by atoms with van der Waals surface area (Å²) in [6.45, 7) is 0.534. The molecular weight excluding hydrogens is 261 g/mol. The molecule has 1 aromatic rings. The van der Waals surface area contributed by atoms with Gasteiger partial charge in [0, 0.05) is 25.8 Å². The quantitative estimate of drug-likeness (QED) is 0.878. The molecule has 96 valence electrons. The summed E-state index contributed by atoms with van der Waals surface area (Å²) >= 11 is 5.81. The summed E-state index contributed by atoms with van der Waals surface area (Å²) in [6, 6.07) is 1.74. The second-order valence-corrected chi connectivity index (χ2v) is 4.80. The Labute approximate surface area is 112 Å². The summed E-state index contributed by atoms with van der Waals surface area (Å²) < 4.78 is 1.71. The Bertz CT molecular complexity index is 401. The summed E-state index contributed by atoms with van der Waals surface area (Å²) in [5.74, 6) is 0.475. The molecule has 4 nitrogen and oxygen atoms in total. The summed E-state index contributed by atoms with van der Waals surface area (Å²) in [5, 5.41) is 3.40. The normalized spacial score (nSPS) is 16.2. The average Bonchev–Trinajstić information content (AvgIpc) is 3.01. The maximum atomic E-state index is 11.8. The highest BCUT2D eigenvalue weighted by molar-refractivity contribution is 6.31. The molecule has 6 heteroatoms. The fourth-order valence-corrected chi connectivity index (χ4v) is 1.99. The van der Waals surface area contributed by atoms with E-state index in [-0.39, 0.29) is 24.4 Å². The third-order valence-electron chi connectivity index (χ3n) is 2.93. The molecule has 0 aliphatic heterocycles. The average molecular weight is 278 g/mol. The monoisotopic (exact) mass is 277 g/mol. The first kappa shape index (κ1) is 14.4. The van der Waals surface area contributed by atoms with Crippen molar-refractivity contribution >= 4 is 29.9 Å². The van der Waals surface area contributed by atoms with Crippen LogP contribution in [0.3, 0.4) is 0 Å². The van der Waals surface area contributed by atoms with Crippen LogP contribution in [0.15, 0.2) is 12.3 Å². The topological polar surface area (TPSA) is 60.0 Å². The smallest absolute Gasteiger partial charge is 0.268 e. The molecule has 1 aliphatic carbocycles. The number of rotatable bonds is 4. The van der Waals surface area contributed by atoms with E-state index >= 15 is 0 Å². The van der Waals surface area contributed by atoms with Crippen LogP contribution in [-0.2, 0) is 7.05 Å². The number of nitrogens with one attached hydrogen (secondary N) is 1. The number of hydrogen-bond donors (Lipinski definition) is 2. The molecule has 1 saturated carbocycles. The van der Waals surface area contributed by atoms with Gasteiger partial charge in [-0.2, -0.15) is 0 Å². The first-order valence-corrected chi connectivity index (χ1v) is 5.81. The van der Waals surface area contributed by atoms with Crippen LogP contribution in [-0.4, -0.2) is 23.1 Å². The molecule has 0 radical (unpaired) electrons. The van der Waals surface area contributed by atoms with Crippen LogP contribution in [0, 0.1) is 5.92 Å². The fourth-order valence-electron chi connectivity index (χ4n) is 1.74. The minimum atomic E-state index is -0.120. The van der Waals surface area contributed by atoms with Crippen molar-refractivity contribution in [2.75, 3.05) is 6.54 Å². The third-order valence-corrected chi connectivity index (χ3v) is 3.14. The standard InChI is InChI=1S/C11H16ClN3O.ClH/c1-15-6-8(12)4-10(15)11(16)14-5-9(13)7-2-3-7;/h4,6-7,9H,2-3,5,13H2,1H3,(H,14,16);1H. The molecule has 2 rings (SSSR count). The van der Waals surface area contributed by atoms with Gasteiger partial charge in [0.1, 0.15) is 5.69 Å². The Morgan fingerprint density at radius 3 is 2.82 bits per heavy atom. The lowest BCUT2D eigenvalue weighted by molar-refractivity contribution is 0.0942. The van der Waals surface area contributed by atoms with Gasteiger partial charge < -0.3 is 15.6 Å². The lowest BCUT2D eigenvalue weighted by Gasteiger charge is -2.11. The van der Waals surface area contributed by atoms with Crippen molar-refractivity contribution < 1.29 is 4.79 Å². The molecule has 1 atom stereocenters. The third kappa shape index (κ3) is 3.63. The highest BCUT2D eigenvalue weighted by atomic mass is 35.5. The van der Waals surface area contributed by atoms with Crippen molar-refractivity contribution in [3.05, 3.63) is 23.0 Å². The van der Waals surface area contributed by atoms with E-state index in [1.807, 2.05) is 0 Å². The number of amides is 1. The highest BCUT2D eigenvalue weighted by Crippen LogP contribution is 2.31. The van der Waals surface area contributed by atoms with E-state index in [0.29, 0.717) is 23.2 Å². The van der Waals surface area contributed by atoms with E-state index in [1.54, 1.807) is 23.9 Å². The number of aryl methyl sites for hydroxylation is 1. The lowest BCUT2D eigenvalue weighted by atomic mass is 10.2.